The molecule has 0 unspecified atom stereocenters. The number of fused-ring (bicyclic) bond motifs is 2. The van der Waals surface area contributed by atoms with Crippen molar-refractivity contribution in [2.24, 2.45) is 0 Å². The summed E-state index contributed by atoms with van der Waals surface area (Å²) in [4.78, 5) is 16.5. The minimum absolute atomic E-state index is 0.0525. The lowest BCUT2D eigenvalue weighted by atomic mass is 9.98. The minimum Gasteiger partial charge on any atom is -0.487 e. The van der Waals surface area contributed by atoms with Crippen molar-refractivity contribution in [2.75, 3.05) is 0 Å². The Morgan fingerprint density at radius 2 is 1.65 bits per heavy atom. The lowest BCUT2D eigenvalue weighted by Crippen LogP contribution is -2.49. The van der Waals surface area contributed by atoms with Gasteiger partial charge in [-0.2, -0.15) is 0 Å². The van der Waals surface area contributed by atoms with Gasteiger partial charge in [0, 0.05) is 47.2 Å². The van der Waals surface area contributed by atoms with Gasteiger partial charge in [-0.1, -0.05) is 29.8 Å². The normalized spacial score (nSPS) is 21.5. The van der Waals surface area contributed by atoms with Gasteiger partial charge >= 0.3 is 0 Å². The van der Waals surface area contributed by atoms with E-state index in [1.54, 1.807) is 11.8 Å². The molecule has 1 amide bonds. The Hall–Kier alpha value is -2.86. The van der Waals surface area contributed by atoms with Crippen LogP contribution in [0.15, 0.2) is 71.6 Å². The van der Waals surface area contributed by atoms with E-state index in [-0.39, 0.29) is 29.8 Å². The van der Waals surface area contributed by atoms with Crippen LogP contribution < -0.4 is 4.74 Å². The molecule has 2 saturated heterocycles. The van der Waals surface area contributed by atoms with Crippen LogP contribution in [0.4, 0.5) is 8.78 Å². The Bertz CT molecular complexity index is 1150. The van der Waals surface area contributed by atoms with E-state index in [1.807, 2.05) is 29.2 Å². The summed E-state index contributed by atoms with van der Waals surface area (Å²) in [6.07, 6.45) is 2.98. The Kier molecular flexibility index (Phi) is 6.59. The number of amides is 1. The second kappa shape index (κ2) is 9.79. The molecule has 2 bridgehead atoms. The Balaban J connectivity index is 1.20. The summed E-state index contributed by atoms with van der Waals surface area (Å²) in [5.41, 5.74) is 3.13. The Labute approximate surface area is 203 Å². The second-order valence-corrected chi connectivity index (χ2v) is 10.2. The van der Waals surface area contributed by atoms with Gasteiger partial charge in [-0.05, 0) is 61.7 Å². The maximum absolute atomic E-state index is 14.0. The van der Waals surface area contributed by atoms with E-state index in [4.69, 9.17) is 4.74 Å². The first-order valence-electron chi connectivity index (χ1n) is 11.7. The van der Waals surface area contributed by atoms with Crippen molar-refractivity contribution in [3.63, 3.8) is 0 Å². The maximum atomic E-state index is 14.0. The van der Waals surface area contributed by atoms with Crippen molar-refractivity contribution < 1.29 is 18.3 Å². The smallest absolute Gasteiger partial charge is 0.254 e. The Morgan fingerprint density at radius 1 is 0.971 bits per heavy atom. The van der Waals surface area contributed by atoms with Gasteiger partial charge < -0.3 is 9.64 Å². The number of halogens is 2. The number of hydrogen-bond donors (Lipinski definition) is 0. The van der Waals surface area contributed by atoms with Crippen molar-refractivity contribution in [1.82, 2.24) is 4.90 Å². The molecule has 3 aromatic rings. The molecule has 0 aromatic heterocycles. The summed E-state index contributed by atoms with van der Waals surface area (Å²) >= 11 is 1.78. The standard InChI is InChI=1S/C28H27F2NO2S/c1-18-2-11-25(12-3-18)34-17-19-4-6-20(7-5-19)28(32)31-22-9-10-23(31)16-24(15-22)33-27-13-8-21(29)14-26(27)30/h2-8,11-14,22-24H,9-10,15-17H2,1H3/t22-,23-/m0/s1. The van der Waals surface area contributed by atoms with Gasteiger partial charge in [0.2, 0.25) is 0 Å². The zero-order valence-corrected chi connectivity index (χ0v) is 19.9. The lowest BCUT2D eigenvalue weighted by molar-refractivity contribution is 0.0349. The van der Waals surface area contributed by atoms with Crippen molar-refractivity contribution in [3.8, 4) is 5.75 Å². The predicted octanol–water partition coefficient (Wildman–Crippen LogP) is 6.78. The number of carbonyl (C=O) groups excluding carboxylic acids is 1. The quantitative estimate of drug-likeness (QED) is 0.365. The first-order chi connectivity index (χ1) is 16.5. The third-order valence-electron chi connectivity index (χ3n) is 6.74. The first kappa shape index (κ1) is 22.9. The van der Waals surface area contributed by atoms with Gasteiger partial charge in [-0.3, -0.25) is 4.79 Å². The molecular formula is C28H27F2NO2S. The molecule has 2 heterocycles. The molecule has 6 heteroatoms. The molecule has 0 aliphatic carbocycles. The fourth-order valence-electron chi connectivity index (χ4n) is 5.00. The second-order valence-electron chi connectivity index (χ2n) is 9.18. The van der Waals surface area contributed by atoms with E-state index in [1.165, 1.54) is 28.2 Å². The van der Waals surface area contributed by atoms with Gasteiger partial charge in [0.25, 0.3) is 5.91 Å². The van der Waals surface area contributed by atoms with Crippen molar-refractivity contribution in [1.29, 1.82) is 0 Å². The van der Waals surface area contributed by atoms with E-state index >= 15 is 0 Å². The molecule has 2 aliphatic heterocycles. The number of nitrogens with zero attached hydrogens (tertiary/aromatic N) is 1. The summed E-state index contributed by atoms with van der Waals surface area (Å²) in [5, 5.41) is 0. The monoisotopic (exact) mass is 479 g/mol. The number of piperidine rings is 1. The number of rotatable bonds is 6. The van der Waals surface area contributed by atoms with Crippen molar-refractivity contribution >= 4 is 17.7 Å². The number of aryl methyl sites for hydroxylation is 1. The molecular weight excluding hydrogens is 452 g/mol. The predicted molar refractivity (Wildman–Crippen MR) is 130 cm³/mol. The average Bonchev–Trinajstić information content (AvgIpc) is 3.10. The molecule has 34 heavy (non-hydrogen) atoms. The van der Waals surface area contributed by atoms with Crippen LogP contribution >= 0.6 is 11.8 Å². The fraction of sp³-hybridized carbons (Fsp3) is 0.321. The van der Waals surface area contributed by atoms with E-state index in [9.17, 15) is 13.6 Å². The van der Waals surface area contributed by atoms with Gasteiger partial charge in [0.1, 0.15) is 11.9 Å². The highest BCUT2D eigenvalue weighted by atomic mass is 32.2. The van der Waals surface area contributed by atoms with E-state index in [2.05, 4.69) is 31.2 Å². The molecule has 2 fully saturated rings. The first-order valence-corrected chi connectivity index (χ1v) is 12.7. The number of benzene rings is 3. The average molecular weight is 480 g/mol. The van der Waals surface area contributed by atoms with Crippen LogP contribution in [0.2, 0.25) is 0 Å². The molecule has 3 nitrogen and oxygen atoms in total. The zero-order valence-electron chi connectivity index (χ0n) is 19.0. The molecule has 3 aromatic carbocycles. The number of carbonyl (C=O) groups is 1. The van der Waals surface area contributed by atoms with E-state index in [0.717, 1.165) is 24.7 Å². The largest absolute Gasteiger partial charge is 0.487 e. The third-order valence-corrected chi connectivity index (χ3v) is 7.82. The maximum Gasteiger partial charge on any atom is 0.254 e. The van der Waals surface area contributed by atoms with E-state index in [0.29, 0.717) is 18.4 Å². The molecule has 2 aliphatic rings. The molecule has 176 valence electrons. The fourth-order valence-corrected chi connectivity index (χ4v) is 5.85. The summed E-state index contributed by atoms with van der Waals surface area (Å²) in [5.74, 6) is -0.330. The summed E-state index contributed by atoms with van der Waals surface area (Å²) in [6, 6.07) is 19.9. The lowest BCUT2D eigenvalue weighted by Gasteiger charge is -2.39. The molecule has 2 atom stereocenters. The number of hydrogen-bond acceptors (Lipinski definition) is 3. The highest BCUT2D eigenvalue weighted by molar-refractivity contribution is 7.98. The molecule has 0 N–H and O–H groups in total. The summed E-state index contributed by atoms with van der Waals surface area (Å²) in [6.45, 7) is 2.08. The Morgan fingerprint density at radius 3 is 2.29 bits per heavy atom. The van der Waals surface area contributed by atoms with Crippen LogP contribution in [0.5, 0.6) is 5.75 Å². The van der Waals surface area contributed by atoms with Gasteiger partial charge in [-0.25, -0.2) is 8.78 Å². The van der Waals surface area contributed by atoms with E-state index < -0.39 is 11.6 Å². The molecule has 0 spiro atoms. The minimum atomic E-state index is -0.688. The highest BCUT2D eigenvalue weighted by Gasteiger charge is 2.44. The topological polar surface area (TPSA) is 29.5 Å². The molecule has 5 rings (SSSR count). The van der Waals surface area contributed by atoms with Crippen LogP contribution in [-0.2, 0) is 5.75 Å². The van der Waals surface area contributed by atoms with Crippen LogP contribution in [0.3, 0.4) is 0 Å². The SMILES string of the molecule is Cc1ccc(SCc2ccc(C(=O)N3[C@H]4CC[C@H]3CC(Oc3ccc(F)cc3F)C4)cc2)cc1. The van der Waals surface area contributed by atoms with Crippen LogP contribution in [0.25, 0.3) is 0 Å². The number of thioether (sulfide) groups is 1. The molecule has 0 saturated carbocycles. The van der Waals surface area contributed by atoms with Crippen LogP contribution in [-0.4, -0.2) is 29.0 Å². The van der Waals surface area contributed by atoms with Crippen molar-refractivity contribution in [2.45, 2.75) is 61.4 Å². The van der Waals surface area contributed by atoms with Crippen molar-refractivity contribution in [3.05, 3.63) is 95.1 Å². The molecule has 0 radical (unpaired) electrons. The zero-order chi connectivity index (χ0) is 23.7. The third kappa shape index (κ3) is 4.97. The summed E-state index contributed by atoms with van der Waals surface area (Å²) < 4.78 is 33.0. The summed E-state index contributed by atoms with van der Waals surface area (Å²) in [7, 11) is 0. The van der Waals surface area contributed by atoms with Gasteiger partial charge in [-0.15, -0.1) is 11.8 Å². The highest BCUT2D eigenvalue weighted by Crippen LogP contribution is 2.38. The van der Waals surface area contributed by atoms with Crippen LogP contribution in [0, 0.1) is 18.6 Å². The van der Waals surface area contributed by atoms with Gasteiger partial charge in [0.15, 0.2) is 11.6 Å². The van der Waals surface area contributed by atoms with Crippen LogP contribution in [0.1, 0.15) is 47.2 Å². The van der Waals surface area contributed by atoms with Gasteiger partial charge in [0.05, 0.1) is 0 Å². The number of ether oxygens (including phenoxy) is 1.